The van der Waals surface area contributed by atoms with E-state index in [0.29, 0.717) is 5.17 Å². The van der Waals surface area contributed by atoms with Gasteiger partial charge in [-0.1, -0.05) is 0 Å². The lowest BCUT2D eigenvalue weighted by molar-refractivity contribution is -0.484. The Labute approximate surface area is 67.0 Å². The lowest BCUT2D eigenvalue weighted by Crippen LogP contribution is -2.31. The van der Waals surface area contributed by atoms with Crippen molar-refractivity contribution in [1.29, 1.82) is 0 Å². The number of rotatable bonds is 0. The topological polar surface area (TPSA) is 40.4 Å². The second-order valence-corrected chi connectivity index (χ2v) is 4.81. The summed E-state index contributed by atoms with van der Waals surface area (Å²) in [6.45, 7) is 1.58. The average Bonchev–Trinajstić information content (AvgIpc) is 2.08. The van der Waals surface area contributed by atoms with E-state index < -0.39 is 9.84 Å². The van der Waals surface area contributed by atoms with E-state index in [1.165, 1.54) is 6.26 Å². The predicted molar refractivity (Wildman–Crippen MR) is 43.5 cm³/mol. The summed E-state index contributed by atoms with van der Waals surface area (Å²) in [5.41, 5.74) is 0. The predicted octanol–water partition coefficient (Wildman–Crippen LogP) is -1.03. The maximum Gasteiger partial charge on any atom is 0.365 e. The Kier molecular flexibility index (Phi) is 1.92. The number of amidine groups is 1. The number of likely N-dealkylation sites (N-methyl/N-ethyl adjacent to an activating group) is 2. The normalized spacial score (nSPS) is 19.7. The Bertz CT molecular complexity index is 292. The molecule has 0 N–H and O–H groups in total. The molecule has 5 heteroatoms. The van der Waals surface area contributed by atoms with Gasteiger partial charge >= 0.3 is 5.17 Å². The molecule has 0 spiro atoms. The Hall–Kier alpha value is -0.580. The van der Waals surface area contributed by atoms with Gasteiger partial charge in [0.15, 0.2) is 0 Å². The zero-order valence-corrected chi connectivity index (χ0v) is 7.85. The van der Waals surface area contributed by atoms with Crippen LogP contribution in [0.2, 0.25) is 0 Å². The highest BCUT2D eigenvalue weighted by molar-refractivity contribution is 8.05. The number of hydrogen-bond acceptors (Lipinski definition) is 3. The maximum absolute atomic E-state index is 11.1. The minimum absolute atomic E-state index is 0.428. The summed E-state index contributed by atoms with van der Waals surface area (Å²) in [5, 5.41) is 0.428. The molecule has 0 amide bonds. The Balaban J connectivity index is 3.12. The van der Waals surface area contributed by atoms with Crippen LogP contribution in [0.15, 0.2) is 0 Å². The molecule has 0 aliphatic carbocycles. The third kappa shape index (κ3) is 1.53. The fourth-order valence-corrected chi connectivity index (χ4v) is 2.66. The summed E-state index contributed by atoms with van der Waals surface area (Å²) in [4.78, 5) is 1.76. The molecule has 0 unspecified atom stereocenters. The molecule has 0 saturated heterocycles. The molecule has 1 rings (SSSR count). The largest absolute Gasteiger partial charge is 0.365 e. The average molecular weight is 177 g/mol. The van der Waals surface area contributed by atoms with Crippen LogP contribution in [0.4, 0.5) is 0 Å². The molecular formula is C6H13N2O2S+. The Morgan fingerprint density at radius 3 is 2.27 bits per heavy atom. The van der Waals surface area contributed by atoms with Crippen LogP contribution in [0.25, 0.3) is 0 Å². The van der Waals surface area contributed by atoms with Crippen molar-refractivity contribution in [1.82, 2.24) is 4.90 Å². The van der Waals surface area contributed by atoms with Crippen LogP contribution < -0.4 is 0 Å². The van der Waals surface area contributed by atoms with Crippen LogP contribution in [0.3, 0.4) is 0 Å². The number of sulfone groups is 1. The van der Waals surface area contributed by atoms with Crippen molar-refractivity contribution in [3.05, 3.63) is 0 Å². The van der Waals surface area contributed by atoms with Crippen LogP contribution in [0.5, 0.6) is 0 Å². The maximum atomic E-state index is 11.1. The highest BCUT2D eigenvalue weighted by atomic mass is 32.2. The fourth-order valence-electron chi connectivity index (χ4n) is 1.35. The summed E-state index contributed by atoms with van der Waals surface area (Å²) in [6, 6.07) is 0. The molecule has 1 aliphatic rings. The van der Waals surface area contributed by atoms with Crippen LogP contribution in [0.1, 0.15) is 0 Å². The lowest BCUT2D eigenvalue weighted by atomic mass is 10.6. The van der Waals surface area contributed by atoms with Crippen molar-refractivity contribution in [2.75, 3.05) is 33.4 Å². The molecule has 0 aromatic rings. The van der Waals surface area contributed by atoms with Gasteiger partial charge in [-0.25, -0.2) is 8.42 Å². The van der Waals surface area contributed by atoms with Gasteiger partial charge in [0.1, 0.15) is 13.1 Å². The first-order valence-corrected chi connectivity index (χ1v) is 5.31. The van der Waals surface area contributed by atoms with Crippen LogP contribution in [-0.2, 0) is 9.84 Å². The van der Waals surface area contributed by atoms with E-state index in [2.05, 4.69) is 0 Å². The summed E-state index contributed by atoms with van der Waals surface area (Å²) in [5.74, 6) is 0. The van der Waals surface area contributed by atoms with E-state index in [1.807, 2.05) is 0 Å². The Morgan fingerprint density at radius 2 is 2.09 bits per heavy atom. The molecule has 1 aliphatic heterocycles. The van der Waals surface area contributed by atoms with Crippen LogP contribution in [-0.4, -0.2) is 56.5 Å². The first kappa shape index (κ1) is 8.52. The van der Waals surface area contributed by atoms with E-state index in [9.17, 15) is 8.42 Å². The monoisotopic (exact) mass is 177 g/mol. The summed E-state index contributed by atoms with van der Waals surface area (Å²) < 4.78 is 24.0. The summed E-state index contributed by atoms with van der Waals surface area (Å²) in [7, 11) is 0.551. The molecule has 1 heterocycles. The minimum Gasteiger partial charge on any atom is -0.251 e. The molecule has 0 aromatic heterocycles. The standard InChI is InChI=1S/C6H13N2O2S/c1-7-4-5-8(2)6(7)11(3,9)10/h4-5H2,1-3H3/q+1. The molecule has 64 valence electrons. The minimum atomic E-state index is -3.03. The molecule has 0 fully saturated rings. The van der Waals surface area contributed by atoms with Gasteiger partial charge in [0.05, 0.1) is 20.4 Å². The highest BCUT2D eigenvalue weighted by Gasteiger charge is 2.33. The van der Waals surface area contributed by atoms with Gasteiger partial charge < -0.3 is 0 Å². The lowest BCUT2D eigenvalue weighted by Gasteiger charge is -2.02. The molecule has 0 aromatic carbocycles. The first-order chi connectivity index (χ1) is 4.93. The number of hydrogen-bond donors (Lipinski definition) is 0. The molecule has 0 saturated carbocycles. The molecule has 0 bridgehead atoms. The molecule has 0 atom stereocenters. The van der Waals surface area contributed by atoms with E-state index >= 15 is 0 Å². The summed E-state index contributed by atoms with van der Waals surface area (Å²) >= 11 is 0. The molecule has 11 heavy (non-hydrogen) atoms. The first-order valence-electron chi connectivity index (χ1n) is 3.42. The van der Waals surface area contributed by atoms with Gasteiger partial charge in [0, 0.05) is 0 Å². The van der Waals surface area contributed by atoms with Crippen molar-refractivity contribution in [3.63, 3.8) is 0 Å². The van der Waals surface area contributed by atoms with Crippen molar-refractivity contribution in [2.45, 2.75) is 0 Å². The molecule has 4 nitrogen and oxygen atoms in total. The highest BCUT2D eigenvalue weighted by Crippen LogP contribution is 2.01. The van der Waals surface area contributed by atoms with Gasteiger partial charge in [0.2, 0.25) is 0 Å². The van der Waals surface area contributed by atoms with E-state index in [-0.39, 0.29) is 0 Å². The third-order valence-corrected chi connectivity index (χ3v) is 3.04. The van der Waals surface area contributed by atoms with E-state index in [0.717, 1.165) is 13.1 Å². The van der Waals surface area contributed by atoms with Crippen LogP contribution >= 0.6 is 0 Å². The van der Waals surface area contributed by atoms with Gasteiger partial charge in [-0.2, -0.15) is 0 Å². The van der Waals surface area contributed by atoms with Crippen molar-refractivity contribution >= 4 is 15.0 Å². The van der Waals surface area contributed by atoms with Gasteiger partial charge in [-0.3, -0.25) is 9.48 Å². The molecule has 0 radical (unpaired) electrons. The number of nitrogens with zero attached hydrogens (tertiary/aromatic N) is 2. The van der Waals surface area contributed by atoms with Crippen molar-refractivity contribution in [2.24, 2.45) is 0 Å². The quantitative estimate of drug-likeness (QED) is 0.444. The fraction of sp³-hybridized carbons (Fsp3) is 0.833. The second-order valence-electron chi connectivity index (χ2n) is 2.90. The van der Waals surface area contributed by atoms with Crippen molar-refractivity contribution in [3.8, 4) is 0 Å². The second kappa shape index (κ2) is 2.48. The zero-order valence-electron chi connectivity index (χ0n) is 7.03. The van der Waals surface area contributed by atoms with Gasteiger partial charge in [-0.15, -0.1) is 0 Å². The summed E-state index contributed by atoms with van der Waals surface area (Å²) in [6.07, 6.45) is 1.24. The SMILES string of the molecule is CN1CC[N+](C)=C1S(C)(=O)=O. The smallest absolute Gasteiger partial charge is 0.251 e. The molecular weight excluding hydrogens is 164 g/mol. The van der Waals surface area contributed by atoms with Gasteiger partial charge in [-0.05, 0) is 0 Å². The van der Waals surface area contributed by atoms with Crippen LogP contribution in [0, 0.1) is 0 Å². The Morgan fingerprint density at radius 1 is 1.55 bits per heavy atom. The van der Waals surface area contributed by atoms with E-state index in [1.54, 1.807) is 23.6 Å². The zero-order chi connectivity index (χ0) is 8.65. The third-order valence-electron chi connectivity index (χ3n) is 1.76. The van der Waals surface area contributed by atoms with E-state index in [4.69, 9.17) is 0 Å². The van der Waals surface area contributed by atoms with Gasteiger partial charge in [0.25, 0.3) is 9.84 Å². The van der Waals surface area contributed by atoms with Crippen molar-refractivity contribution < 1.29 is 13.0 Å².